The van der Waals surface area contributed by atoms with Gasteiger partial charge in [0.05, 0.1) is 23.3 Å². The second-order valence-corrected chi connectivity index (χ2v) is 6.36. The van der Waals surface area contributed by atoms with E-state index in [0.717, 1.165) is 12.8 Å². The van der Waals surface area contributed by atoms with Crippen LogP contribution in [0.5, 0.6) is 11.5 Å². The van der Waals surface area contributed by atoms with Crippen LogP contribution in [0.15, 0.2) is 27.9 Å². The van der Waals surface area contributed by atoms with Gasteiger partial charge in [0.1, 0.15) is 23.4 Å². The first-order valence-electron chi connectivity index (χ1n) is 7.17. The summed E-state index contributed by atoms with van der Waals surface area (Å²) >= 11 is 23.3. The van der Waals surface area contributed by atoms with E-state index in [-0.39, 0.29) is 17.6 Å². The molecule has 0 aliphatic heterocycles. The zero-order valence-corrected chi connectivity index (χ0v) is 15.8. The third-order valence-electron chi connectivity index (χ3n) is 2.72. The van der Waals surface area contributed by atoms with E-state index in [9.17, 15) is 4.91 Å². The lowest BCUT2D eigenvalue weighted by Gasteiger charge is -2.12. The van der Waals surface area contributed by atoms with Gasteiger partial charge in [-0.05, 0) is 18.9 Å². The lowest BCUT2D eigenvalue weighted by Crippen LogP contribution is -2.03. The number of unbranched alkanes of at least 4 members (excludes halogenated alkanes) is 1. The molecule has 0 radical (unpaired) electrons. The van der Waals surface area contributed by atoms with Gasteiger partial charge in [0.25, 0.3) is 0 Å². The van der Waals surface area contributed by atoms with E-state index < -0.39 is 0 Å². The fraction of sp³-hybridized carbons (Fsp3) is 0.467. The van der Waals surface area contributed by atoms with Crippen LogP contribution in [0.25, 0.3) is 0 Å². The minimum Gasteiger partial charge on any atom is -0.490 e. The maximum atomic E-state index is 9.87. The molecule has 0 unspecified atom stereocenters. The molecule has 1 aromatic rings. The molecule has 0 N–H and O–H groups in total. The van der Waals surface area contributed by atoms with Gasteiger partial charge < -0.3 is 14.2 Å². The molecule has 0 fully saturated rings. The van der Waals surface area contributed by atoms with Crippen molar-refractivity contribution < 1.29 is 14.2 Å². The molecule has 9 heteroatoms. The van der Waals surface area contributed by atoms with Crippen LogP contribution in [0.1, 0.15) is 12.8 Å². The Hall–Kier alpha value is -0.720. The van der Waals surface area contributed by atoms with Crippen molar-refractivity contribution in [3.8, 4) is 11.5 Å². The summed E-state index contributed by atoms with van der Waals surface area (Å²) in [6.07, 6.45) is 3.06. The van der Waals surface area contributed by atoms with Gasteiger partial charge in [0.2, 0.25) is 0 Å². The van der Waals surface area contributed by atoms with Crippen LogP contribution in [0.3, 0.4) is 0 Å². The van der Waals surface area contributed by atoms with Gasteiger partial charge in [-0.25, -0.2) is 0 Å². The van der Waals surface area contributed by atoms with E-state index in [4.69, 9.17) is 60.6 Å². The number of hydrogen-bond acceptors (Lipinski definition) is 5. The lowest BCUT2D eigenvalue weighted by molar-refractivity contribution is 0.133. The number of ether oxygens (including phenoxy) is 3. The van der Waals surface area contributed by atoms with E-state index in [2.05, 4.69) is 5.18 Å². The predicted octanol–water partition coefficient (Wildman–Crippen LogP) is 5.63. The highest BCUT2D eigenvalue weighted by Crippen LogP contribution is 2.37. The van der Waals surface area contributed by atoms with Gasteiger partial charge in [0.15, 0.2) is 5.75 Å². The van der Waals surface area contributed by atoms with Crippen LogP contribution in [-0.2, 0) is 4.74 Å². The molecule has 0 saturated heterocycles. The van der Waals surface area contributed by atoms with Crippen LogP contribution < -0.4 is 9.47 Å². The molecule has 0 amide bonds. The first-order chi connectivity index (χ1) is 11.5. The maximum Gasteiger partial charge on any atom is 0.156 e. The van der Waals surface area contributed by atoms with Crippen molar-refractivity contribution in [2.45, 2.75) is 12.8 Å². The zero-order valence-electron chi connectivity index (χ0n) is 12.8. The van der Waals surface area contributed by atoms with Crippen molar-refractivity contribution in [2.24, 2.45) is 5.18 Å². The smallest absolute Gasteiger partial charge is 0.156 e. The Labute approximate surface area is 160 Å². The highest BCUT2D eigenvalue weighted by Gasteiger charge is 2.10. The Kier molecular flexibility index (Phi) is 11.2. The number of benzene rings is 1. The topological polar surface area (TPSA) is 57.1 Å². The van der Waals surface area contributed by atoms with Crippen LogP contribution in [-0.4, -0.2) is 33.0 Å². The molecule has 0 heterocycles. The average Bonchev–Trinajstić information content (AvgIpc) is 2.51. The molecule has 0 atom stereocenters. The SMILES string of the molecule is O=NCCOCCCCOc1c(Cl)cc(OCC=C(Cl)Cl)cc1Cl. The summed E-state index contributed by atoms with van der Waals surface area (Å²) in [6, 6.07) is 3.21. The Morgan fingerprint density at radius 1 is 1.04 bits per heavy atom. The monoisotopic (exact) mass is 415 g/mol. The predicted molar refractivity (Wildman–Crippen MR) is 98.0 cm³/mol. The molecule has 0 aliphatic carbocycles. The molecule has 1 aromatic carbocycles. The number of halogens is 4. The largest absolute Gasteiger partial charge is 0.490 e. The number of nitroso groups, excluding NO2 is 1. The van der Waals surface area contributed by atoms with E-state index in [0.29, 0.717) is 41.4 Å². The summed E-state index contributed by atoms with van der Waals surface area (Å²) in [5.41, 5.74) is 0. The Bertz CT molecular complexity index is 527. The van der Waals surface area contributed by atoms with E-state index in [1.807, 2.05) is 0 Å². The quantitative estimate of drug-likeness (QED) is 0.327. The van der Waals surface area contributed by atoms with Crippen LogP contribution in [0.2, 0.25) is 10.0 Å². The second kappa shape index (κ2) is 12.6. The summed E-state index contributed by atoms with van der Waals surface area (Å²) in [5, 5.41) is 3.41. The fourth-order valence-electron chi connectivity index (χ4n) is 1.64. The van der Waals surface area contributed by atoms with Crippen molar-refractivity contribution >= 4 is 46.4 Å². The van der Waals surface area contributed by atoms with Gasteiger partial charge in [-0.15, -0.1) is 0 Å². The molecule has 0 aliphatic rings. The Balaban J connectivity index is 2.37. The van der Waals surface area contributed by atoms with Gasteiger partial charge in [-0.1, -0.05) is 51.6 Å². The number of hydrogen-bond donors (Lipinski definition) is 0. The molecule has 5 nitrogen and oxygen atoms in total. The highest BCUT2D eigenvalue weighted by molar-refractivity contribution is 6.55. The highest BCUT2D eigenvalue weighted by atomic mass is 35.5. The van der Waals surface area contributed by atoms with Crippen LogP contribution in [0, 0.1) is 4.91 Å². The van der Waals surface area contributed by atoms with Gasteiger partial charge >= 0.3 is 0 Å². The first-order valence-corrected chi connectivity index (χ1v) is 8.68. The summed E-state index contributed by atoms with van der Waals surface area (Å²) in [7, 11) is 0. The summed E-state index contributed by atoms with van der Waals surface area (Å²) < 4.78 is 16.3. The van der Waals surface area contributed by atoms with Gasteiger partial charge in [-0.3, -0.25) is 0 Å². The lowest BCUT2D eigenvalue weighted by atomic mass is 10.3. The van der Waals surface area contributed by atoms with Gasteiger partial charge in [0, 0.05) is 18.7 Å². The number of nitrogens with zero attached hydrogens (tertiary/aromatic N) is 1. The average molecular weight is 417 g/mol. The minimum absolute atomic E-state index is 0.124. The van der Waals surface area contributed by atoms with Crippen molar-refractivity contribution in [1.29, 1.82) is 0 Å². The second-order valence-electron chi connectivity index (χ2n) is 4.54. The minimum atomic E-state index is 0.124. The van der Waals surface area contributed by atoms with Crippen molar-refractivity contribution in [3.63, 3.8) is 0 Å². The van der Waals surface area contributed by atoms with Crippen molar-refractivity contribution in [3.05, 3.63) is 37.7 Å². The first kappa shape index (κ1) is 21.3. The van der Waals surface area contributed by atoms with E-state index in [1.54, 1.807) is 12.1 Å². The van der Waals surface area contributed by atoms with Crippen LogP contribution >= 0.6 is 46.4 Å². The molecule has 134 valence electrons. The summed E-state index contributed by atoms with van der Waals surface area (Å²) in [5.74, 6) is 0.892. The standard InChI is InChI=1S/C15H17Cl4NO4/c16-12-9-11(23-7-3-14(18)19)10-13(17)15(12)24-6-2-1-5-22-8-4-20-21/h3,9-10H,1-2,4-8H2. The fourth-order valence-corrected chi connectivity index (χ4v) is 2.35. The zero-order chi connectivity index (χ0) is 17.8. The third-order valence-corrected chi connectivity index (χ3v) is 3.59. The molecule has 0 bridgehead atoms. The summed E-state index contributed by atoms with van der Waals surface area (Å²) in [4.78, 5) is 9.87. The van der Waals surface area contributed by atoms with Crippen molar-refractivity contribution in [1.82, 2.24) is 0 Å². The Morgan fingerprint density at radius 2 is 1.71 bits per heavy atom. The van der Waals surface area contributed by atoms with Crippen LogP contribution in [0.4, 0.5) is 0 Å². The third kappa shape index (κ3) is 8.94. The van der Waals surface area contributed by atoms with E-state index >= 15 is 0 Å². The molecule has 1 rings (SSSR count). The van der Waals surface area contributed by atoms with E-state index in [1.165, 1.54) is 6.08 Å². The summed E-state index contributed by atoms with van der Waals surface area (Å²) in [6.45, 7) is 1.70. The Morgan fingerprint density at radius 3 is 2.33 bits per heavy atom. The molecular weight excluding hydrogens is 400 g/mol. The molecule has 0 spiro atoms. The normalized spacial score (nSPS) is 10.3. The number of rotatable bonds is 12. The molecule has 0 aromatic heterocycles. The molecular formula is C15H17Cl4NO4. The van der Waals surface area contributed by atoms with Crippen molar-refractivity contribution in [2.75, 3.05) is 33.0 Å². The molecule has 0 saturated carbocycles. The van der Waals surface area contributed by atoms with Gasteiger partial charge in [-0.2, -0.15) is 4.91 Å². The molecule has 24 heavy (non-hydrogen) atoms. The maximum absolute atomic E-state index is 9.87.